The van der Waals surface area contributed by atoms with Crippen LogP contribution >= 0.6 is 0 Å². The van der Waals surface area contributed by atoms with E-state index < -0.39 is 24.0 Å². The highest BCUT2D eigenvalue weighted by Crippen LogP contribution is 2.09. The Kier molecular flexibility index (Phi) is 4.33. The van der Waals surface area contributed by atoms with Gasteiger partial charge in [-0.1, -0.05) is 0 Å². The molecule has 0 radical (unpaired) electrons. The van der Waals surface area contributed by atoms with Gasteiger partial charge < -0.3 is 21.1 Å². The Balaban J connectivity index is 2.02. The highest BCUT2D eigenvalue weighted by atomic mass is 16.4. The van der Waals surface area contributed by atoms with Gasteiger partial charge in [-0.3, -0.25) is 9.48 Å². The number of rotatable bonds is 6. The van der Waals surface area contributed by atoms with Crippen LogP contribution in [0.15, 0.2) is 24.9 Å². The van der Waals surface area contributed by atoms with Crippen LogP contribution in [0.25, 0.3) is 0 Å². The Morgan fingerprint density at radius 3 is 2.81 bits per heavy atom. The topological polar surface area (TPSA) is 139 Å². The van der Waals surface area contributed by atoms with Crippen molar-refractivity contribution in [2.24, 2.45) is 12.8 Å². The Hall–Kier alpha value is -2.68. The molecule has 0 fully saturated rings. The van der Waals surface area contributed by atoms with Gasteiger partial charge in [0.25, 0.3) is 0 Å². The van der Waals surface area contributed by atoms with Crippen LogP contribution < -0.4 is 11.1 Å². The van der Waals surface area contributed by atoms with Gasteiger partial charge in [0.2, 0.25) is 5.91 Å². The summed E-state index contributed by atoms with van der Waals surface area (Å²) < 4.78 is 1.52. The third kappa shape index (κ3) is 3.66. The number of nitrogens with two attached hydrogens (primary N) is 1. The molecule has 0 aliphatic rings. The van der Waals surface area contributed by atoms with E-state index in [1.165, 1.54) is 23.4 Å². The van der Waals surface area contributed by atoms with Crippen LogP contribution in [0.5, 0.6) is 0 Å². The number of aromatic amines is 1. The summed E-state index contributed by atoms with van der Waals surface area (Å²) in [5.74, 6) is -1.72. The van der Waals surface area contributed by atoms with Crippen LogP contribution in [0.1, 0.15) is 17.3 Å². The molecule has 2 rings (SSSR count). The standard InChI is InChI=1S/C12H16N6O3/c1-18-5-7(3-16-18)10(13)11(19)17-9(12(20)21)2-8-4-14-6-15-8/h3-6,9-10H,2,13H2,1H3,(H,14,15)(H,17,19)(H,20,21)/t9-,10?/m0/s1. The molecule has 1 amide bonds. The smallest absolute Gasteiger partial charge is 0.326 e. The predicted molar refractivity (Wildman–Crippen MR) is 72.0 cm³/mol. The van der Waals surface area contributed by atoms with Gasteiger partial charge in [0.1, 0.15) is 12.1 Å². The number of imidazole rings is 1. The quantitative estimate of drug-likeness (QED) is 0.536. The second-order valence-electron chi connectivity index (χ2n) is 4.61. The summed E-state index contributed by atoms with van der Waals surface area (Å²) in [7, 11) is 1.70. The number of aromatic nitrogens is 4. The lowest BCUT2D eigenvalue weighted by molar-refractivity contribution is -0.142. The van der Waals surface area contributed by atoms with E-state index >= 15 is 0 Å². The lowest BCUT2D eigenvalue weighted by atomic mass is 10.1. The van der Waals surface area contributed by atoms with Crippen molar-refractivity contribution in [1.82, 2.24) is 25.1 Å². The summed E-state index contributed by atoms with van der Waals surface area (Å²) in [6.07, 6.45) is 6.12. The summed E-state index contributed by atoms with van der Waals surface area (Å²) in [4.78, 5) is 29.8. The van der Waals surface area contributed by atoms with Crippen molar-refractivity contribution in [1.29, 1.82) is 0 Å². The molecule has 9 nitrogen and oxygen atoms in total. The molecular weight excluding hydrogens is 276 g/mol. The third-order valence-electron chi connectivity index (χ3n) is 2.96. The Bertz CT molecular complexity index is 621. The minimum absolute atomic E-state index is 0.0980. The molecule has 0 saturated carbocycles. The van der Waals surface area contributed by atoms with Crippen molar-refractivity contribution >= 4 is 11.9 Å². The summed E-state index contributed by atoms with van der Waals surface area (Å²) >= 11 is 0. The number of carbonyl (C=O) groups excluding carboxylic acids is 1. The second-order valence-corrected chi connectivity index (χ2v) is 4.61. The van der Waals surface area contributed by atoms with Crippen molar-refractivity contribution in [3.63, 3.8) is 0 Å². The molecule has 0 aliphatic carbocycles. The normalized spacial score (nSPS) is 13.6. The molecular formula is C12H16N6O3. The van der Waals surface area contributed by atoms with E-state index in [0.29, 0.717) is 11.3 Å². The molecule has 2 aromatic rings. The van der Waals surface area contributed by atoms with Crippen molar-refractivity contribution < 1.29 is 14.7 Å². The molecule has 1 unspecified atom stereocenters. The van der Waals surface area contributed by atoms with E-state index in [0.717, 1.165) is 0 Å². The number of H-pyrrole nitrogens is 1. The van der Waals surface area contributed by atoms with Crippen LogP contribution in [0.3, 0.4) is 0 Å². The van der Waals surface area contributed by atoms with Gasteiger partial charge in [0.15, 0.2) is 0 Å². The van der Waals surface area contributed by atoms with Crippen LogP contribution in [0.4, 0.5) is 0 Å². The summed E-state index contributed by atoms with van der Waals surface area (Å²) in [5, 5.41) is 15.5. The molecule has 5 N–H and O–H groups in total. The highest BCUT2D eigenvalue weighted by Gasteiger charge is 2.25. The zero-order valence-electron chi connectivity index (χ0n) is 11.4. The van der Waals surface area contributed by atoms with E-state index in [1.54, 1.807) is 13.2 Å². The number of hydrogen-bond acceptors (Lipinski definition) is 5. The minimum atomic E-state index is -1.14. The first-order chi connectivity index (χ1) is 9.97. The first-order valence-electron chi connectivity index (χ1n) is 6.22. The number of carboxylic acid groups (broad SMARTS) is 1. The molecule has 2 heterocycles. The van der Waals surface area contributed by atoms with Gasteiger partial charge in [-0.25, -0.2) is 9.78 Å². The summed E-state index contributed by atoms with van der Waals surface area (Å²) in [6.45, 7) is 0. The molecule has 2 atom stereocenters. The molecule has 0 bridgehead atoms. The van der Waals surface area contributed by atoms with E-state index in [4.69, 9.17) is 5.73 Å². The highest BCUT2D eigenvalue weighted by molar-refractivity contribution is 5.87. The predicted octanol–water partition coefficient (Wildman–Crippen LogP) is -1.04. The fraction of sp³-hybridized carbons (Fsp3) is 0.333. The lowest BCUT2D eigenvalue weighted by Crippen LogP contribution is -2.46. The monoisotopic (exact) mass is 292 g/mol. The molecule has 0 aromatic carbocycles. The van der Waals surface area contributed by atoms with Crippen LogP contribution in [0, 0.1) is 0 Å². The third-order valence-corrected chi connectivity index (χ3v) is 2.96. The fourth-order valence-corrected chi connectivity index (χ4v) is 1.83. The number of carboxylic acids is 1. The van der Waals surface area contributed by atoms with Gasteiger partial charge >= 0.3 is 5.97 Å². The maximum atomic E-state index is 12.0. The van der Waals surface area contributed by atoms with Gasteiger partial charge in [0, 0.05) is 37.1 Å². The van der Waals surface area contributed by atoms with E-state index in [1.807, 2.05) is 0 Å². The molecule has 0 spiro atoms. The van der Waals surface area contributed by atoms with Crippen molar-refractivity contribution in [3.05, 3.63) is 36.2 Å². The Morgan fingerprint density at radius 1 is 1.52 bits per heavy atom. The largest absolute Gasteiger partial charge is 0.480 e. The van der Waals surface area contributed by atoms with Crippen LogP contribution in [-0.2, 0) is 23.1 Å². The van der Waals surface area contributed by atoms with Crippen molar-refractivity contribution in [2.75, 3.05) is 0 Å². The van der Waals surface area contributed by atoms with Crippen LogP contribution in [-0.4, -0.2) is 42.8 Å². The number of aliphatic carboxylic acids is 1. The molecule has 9 heteroatoms. The molecule has 112 valence electrons. The maximum Gasteiger partial charge on any atom is 0.326 e. The zero-order valence-corrected chi connectivity index (χ0v) is 11.4. The van der Waals surface area contributed by atoms with Gasteiger partial charge in [-0.05, 0) is 0 Å². The summed E-state index contributed by atoms with van der Waals surface area (Å²) in [6, 6.07) is -2.05. The maximum absolute atomic E-state index is 12.0. The number of carbonyl (C=O) groups is 2. The van der Waals surface area contributed by atoms with E-state index in [2.05, 4.69) is 20.4 Å². The Morgan fingerprint density at radius 2 is 2.29 bits per heavy atom. The van der Waals surface area contributed by atoms with Crippen LogP contribution in [0.2, 0.25) is 0 Å². The second kappa shape index (κ2) is 6.18. The average molecular weight is 292 g/mol. The van der Waals surface area contributed by atoms with Gasteiger partial charge in [-0.2, -0.15) is 5.10 Å². The molecule has 0 aliphatic heterocycles. The van der Waals surface area contributed by atoms with Crippen molar-refractivity contribution in [2.45, 2.75) is 18.5 Å². The first-order valence-corrected chi connectivity index (χ1v) is 6.22. The summed E-state index contributed by atoms with van der Waals surface area (Å²) in [5.41, 5.74) is 6.92. The van der Waals surface area contributed by atoms with E-state index in [9.17, 15) is 14.7 Å². The zero-order chi connectivity index (χ0) is 15.4. The van der Waals surface area contributed by atoms with Crippen molar-refractivity contribution in [3.8, 4) is 0 Å². The molecule has 0 saturated heterocycles. The molecule has 21 heavy (non-hydrogen) atoms. The number of amides is 1. The van der Waals surface area contributed by atoms with Gasteiger partial charge in [0.05, 0.1) is 12.5 Å². The Labute approximate surface area is 120 Å². The average Bonchev–Trinajstić information content (AvgIpc) is 3.08. The number of nitrogens with zero attached hydrogens (tertiary/aromatic N) is 3. The minimum Gasteiger partial charge on any atom is -0.480 e. The van der Waals surface area contributed by atoms with E-state index in [-0.39, 0.29) is 6.42 Å². The fourth-order valence-electron chi connectivity index (χ4n) is 1.83. The first kappa shape index (κ1) is 14.7. The number of aryl methyl sites for hydroxylation is 1. The lowest BCUT2D eigenvalue weighted by Gasteiger charge is -2.16. The molecule has 2 aromatic heterocycles. The van der Waals surface area contributed by atoms with Gasteiger partial charge in [-0.15, -0.1) is 0 Å². The SMILES string of the molecule is Cn1cc(C(N)C(=O)N[C@@H](Cc2cnc[nH]2)C(=O)O)cn1. The number of hydrogen-bond donors (Lipinski definition) is 4. The number of nitrogens with one attached hydrogen (secondary N) is 2.